The largest absolute Gasteiger partial charge is 0.469 e. The Bertz CT molecular complexity index is 166. The van der Waals surface area contributed by atoms with Crippen LogP contribution in [-0.2, 0) is 9.53 Å². The first-order chi connectivity index (χ1) is 7.16. The van der Waals surface area contributed by atoms with E-state index in [1.807, 2.05) is 23.5 Å². The lowest BCUT2D eigenvalue weighted by Crippen LogP contribution is -2.02. The van der Waals surface area contributed by atoms with Crippen LogP contribution < -0.4 is 0 Å². The molecule has 0 rings (SSSR count). The number of esters is 1. The lowest BCUT2D eigenvalue weighted by molar-refractivity contribution is -0.140. The van der Waals surface area contributed by atoms with Crippen molar-refractivity contribution < 1.29 is 9.53 Å². The van der Waals surface area contributed by atoms with Crippen LogP contribution >= 0.6 is 39.5 Å². The lowest BCUT2D eigenvalue weighted by atomic mass is 10.4. The summed E-state index contributed by atoms with van der Waals surface area (Å²) in [5.74, 6) is 4.28. The molecule has 0 amide bonds. The average molecular weight is 315 g/mol. The Balaban J connectivity index is 3.02. The summed E-state index contributed by atoms with van der Waals surface area (Å²) < 4.78 is 4.56. The quantitative estimate of drug-likeness (QED) is 0.371. The SMILES string of the molecule is COC(=O)CCSCCSCC[C@@H](C)Br. The maximum Gasteiger partial charge on any atom is 0.306 e. The number of methoxy groups -OCH3 is 1. The Hall–Kier alpha value is 0.650. The molecule has 2 nitrogen and oxygen atoms in total. The Morgan fingerprint density at radius 2 is 1.87 bits per heavy atom. The molecule has 5 heteroatoms. The van der Waals surface area contributed by atoms with Gasteiger partial charge in [0.25, 0.3) is 0 Å². The highest BCUT2D eigenvalue weighted by atomic mass is 79.9. The van der Waals surface area contributed by atoms with Crippen LogP contribution in [0.4, 0.5) is 0 Å². The first-order valence-electron chi connectivity index (χ1n) is 5.03. The first kappa shape index (κ1) is 15.7. The Kier molecular flexibility index (Phi) is 11.6. The van der Waals surface area contributed by atoms with Gasteiger partial charge in [-0.15, -0.1) is 0 Å². The molecule has 0 aliphatic heterocycles. The van der Waals surface area contributed by atoms with E-state index in [9.17, 15) is 4.79 Å². The van der Waals surface area contributed by atoms with Crippen LogP contribution in [-0.4, -0.2) is 40.9 Å². The molecule has 0 fully saturated rings. The molecule has 0 saturated heterocycles. The molecule has 0 radical (unpaired) electrons. The molecule has 90 valence electrons. The molecule has 0 aliphatic rings. The number of carbonyl (C=O) groups is 1. The summed E-state index contributed by atoms with van der Waals surface area (Å²) in [6.45, 7) is 2.17. The maximum atomic E-state index is 10.8. The van der Waals surface area contributed by atoms with Gasteiger partial charge in [-0.25, -0.2) is 0 Å². The Labute approximate surface area is 109 Å². The fourth-order valence-electron chi connectivity index (χ4n) is 0.825. The number of hydrogen-bond donors (Lipinski definition) is 0. The summed E-state index contributed by atoms with van der Waals surface area (Å²) in [7, 11) is 1.43. The smallest absolute Gasteiger partial charge is 0.306 e. The minimum absolute atomic E-state index is 0.108. The zero-order chi connectivity index (χ0) is 11.5. The minimum atomic E-state index is -0.108. The molecule has 0 spiro atoms. The molecular weight excluding hydrogens is 296 g/mol. The zero-order valence-electron chi connectivity index (χ0n) is 9.33. The third-order valence-corrected chi connectivity index (χ3v) is 4.43. The topological polar surface area (TPSA) is 26.3 Å². The second kappa shape index (κ2) is 11.1. The summed E-state index contributed by atoms with van der Waals surface area (Å²) in [4.78, 5) is 11.4. The van der Waals surface area contributed by atoms with E-state index in [4.69, 9.17) is 0 Å². The van der Waals surface area contributed by atoms with Crippen LogP contribution in [0.2, 0.25) is 0 Å². The van der Waals surface area contributed by atoms with Gasteiger partial charge in [0.1, 0.15) is 0 Å². The van der Waals surface area contributed by atoms with Crippen molar-refractivity contribution in [2.24, 2.45) is 0 Å². The van der Waals surface area contributed by atoms with Crippen LogP contribution in [0.15, 0.2) is 0 Å². The predicted octanol–water partition coefficient (Wildman–Crippen LogP) is 3.19. The van der Waals surface area contributed by atoms with Crippen molar-refractivity contribution in [3.8, 4) is 0 Å². The monoisotopic (exact) mass is 314 g/mol. The van der Waals surface area contributed by atoms with Crippen molar-refractivity contribution >= 4 is 45.4 Å². The van der Waals surface area contributed by atoms with Crippen molar-refractivity contribution in [2.45, 2.75) is 24.6 Å². The van der Waals surface area contributed by atoms with Gasteiger partial charge in [-0.2, -0.15) is 23.5 Å². The highest BCUT2D eigenvalue weighted by molar-refractivity contribution is 9.09. The van der Waals surface area contributed by atoms with E-state index in [0.29, 0.717) is 11.2 Å². The van der Waals surface area contributed by atoms with Crippen LogP contribution in [0.25, 0.3) is 0 Å². The number of rotatable bonds is 9. The number of alkyl halides is 1. The molecule has 0 bridgehead atoms. The molecule has 0 aromatic heterocycles. The first-order valence-corrected chi connectivity index (χ1v) is 8.25. The van der Waals surface area contributed by atoms with Crippen molar-refractivity contribution in [1.29, 1.82) is 0 Å². The second-order valence-electron chi connectivity index (χ2n) is 3.12. The number of hydrogen-bond acceptors (Lipinski definition) is 4. The van der Waals surface area contributed by atoms with Crippen molar-refractivity contribution in [3.63, 3.8) is 0 Å². The van der Waals surface area contributed by atoms with Crippen LogP contribution in [0.1, 0.15) is 19.8 Å². The highest BCUT2D eigenvalue weighted by Gasteiger charge is 1.99. The van der Waals surface area contributed by atoms with Crippen LogP contribution in [0, 0.1) is 0 Å². The fourth-order valence-corrected chi connectivity index (χ4v) is 3.54. The summed E-state index contributed by atoms with van der Waals surface area (Å²) in [6.07, 6.45) is 1.75. The molecule has 0 aromatic rings. The van der Waals surface area contributed by atoms with Crippen molar-refractivity contribution in [1.82, 2.24) is 0 Å². The van der Waals surface area contributed by atoms with Gasteiger partial charge in [0, 0.05) is 22.1 Å². The van der Waals surface area contributed by atoms with Gasteiger partial charge in [-0.3, -0.25) is 4.79 Å². The van der Waals surface area contributed by atoms with Gasteiger partial charge in [0.15, 0.2) is 0 Å². The molecule has 0 N–H and O–H groups in total. The summed E-state index contributed by atoms with van der Waals surface area (Å²) >= 11 is 7.32. The fraction of sp³-hybridized carbons (Fsp3) is 0.900. The molecule has 0 heterocycles. The molecule has 1 atom stereocenters. The van der Waals surface area contributed by atoms with E-state index in [0.717, 1.165) is 11.5 Å². The number of carbonyl (C=O) groups excluding carboxylic acids is 1. The van der Waals surface area contributed by atoms with Gasteiger partial charge in [-0.1, -0.05) is 22.9 Å². The summed E-state index contributed by atoms with van der Waals surface area (Å²) in [5.41, 5.74) is 0. The van der Waals surface area contributed by atoms with E-state index < -0.39 is 0 Å². The van der Waals surface area contributed by atoms with Crippen molar-refractivity contribution in [2.75, 3.05) is 30.1 Å². The molecule has 0 unspecified atom stereocenters. The summed E-state index contributed by atoms with van der Waals surface area (Å²) in [5, 5.41) is 0. The van der Waals surface area contributed by atoms with E-state index in [1.54, 1.807) is 0 Å². The standard InChI is InChI=1S/C10H19BrO2S2/c1-9(11)3-5-14-7-8-15-6-4-10(12)13-2/h9H,3-8H2,1-2H3/t9-/m1/s1. The van der Waals surface area contributed by atoms with Gasteiger partial charge in [-0.05, 0) is 12.2 Å². The third-order valence-electron chi connectivity index (χ3n) is 1.71. The Morgan fingerprint density at radius 1 is 1.27 bits per heavy atom. The normalized spacial score (nSPS) is 12.5. The predicted molar refractivity (Wildman–Crippen MR) is 74.3 cm³/mol. The minimum Gasteiger partial charge on any atom is -0.469 e. The molecule has 0 aliphatic carbocycles. The number of ether oxygens (including phenoxy) is 1. The zero-order valence-corrected chi connectivity index (χ0v) is 12.5. The number of halogens is 1. The van der Waals surface area contributed by atoms with Crippen LogP contribution in [0.3, 0.4) is 0 Å². The lowest BCUT2D eigenvalue weighted by Gasteiger charge is -2.03. The van der Waals surface area contributed by atoms with Gasteiger partial charge in [0.05, 0.1) is 13.5 Å². The van der Waals surface area contributed by atoms with E-state index in [1.165, 1.54) is 25.0 Å². The van der Waals surface area contributed by atoms with E-state index >= 15 is 0 Å². The Morgan fingerprint density at radius 3 is 2.40 bits per heavy atom. The van der Waals surface area contributed by atoms with Gasteiger partial charge < -0.3 is 4.74 Å². The molecular formula is C10H19BrO2S2. The van der Waals surface area contributed by atoms with Crippen LogP contribution in [0.5, 0.6) is 0 Å². The average Bonchev–Trinajstić information content (AvgIpc) is 2.21. The highest BCUT2D eigenvalue weighted by Crippen LogP contribution is 2.12. The van der Waals surface area contributed by atoms with Gasteiger partial charge in [0.2, 0.25) is 0 Å². The molecule has 0 saturated carbocycles. The molecule has 15 heavy (non-hydrogen) atoms. The van der Waals surface area contributed by atoms with E-state index in [2.05, 4.69) is 27.6 Å². The second-order valence-corrected chi connectivity index (χ2v) is 7.13. The number of thioether (sulfide) groups is 2. The molecule has 0 aromatic carbocycles. The van der Waals surface area contributed by atoms with Gasteiger partial charge >= 0.3 is 5.97 Å². The maximum absolute atomic E-state index is 10.8. The van der Waals surface area contributed by atoms with Crippen molar-refractivity contribution in [3.05, 3.63) is 0 Å². The summed E-state index contributed by atoms with van der Waals surface area (Å²) in [6, 6.07) is 0. The van der Waals surface area contributed by atoms with E-state index in [-0.39, 0.29) is 5.97 Å². The third kappa shape index (κ3) is 12.6.